The maximum Gasteiger partial charge on any atom is 0.258 e. The highest BCUT2D eigenvalue weighted by Crippen LogP contribution is 2.27. The molecule has 0 saturated heterocycles. The smallest absolute Gasteiger partial charge is 0.258 e. The summed E-state index contributed by atoms with van der Waals surface area (Å²) in [6, 6.07) is 13.8. The summed E-state index contributed by atoms with van der Waals surface area (Å²) < 4.78 is 11.2. The third-order valence-corrected chi connectivity index (χ3v) is 3.85. The molecule has 2 aromatic carbocycles. The molecule has 0 bridgehead atoms. The van der Waals surface area contributed by atoms with E-state index in [1.54, 1.807) is 0 Å². The van der Waals surface area contributed by atoms with Gasteiger partial charge in [0, 0.05) is 6.54 Å². The second kappa shape index (κ2) is 9.11. The van der Waals surface area contributed by atoms with Crippen LogP contribution in [0.5, 0.6) is 11.5 Å². The summed E-state index contributed by atoms with van der Waals surface area (Å²) in [6.45, 7) is 9.28. The van der Waals surface area contributed by atoms with Crippen LogP contribution in [0.2, 0.25) is 0 Å². The lowest BCUT2D eigenvalue weighted by Crippen LogP contribution is -2.28. The molecule has 0 saturated carbocycles. The number of benzene rings is 2. The topological polar surface area (TPSA) is 47.6 Å². The second-order valence-electron chi connectivity index (χ2n) is 6.34. The molecule has 0 aliphatic rings. The van der Waals surface area contributed by atoms with E-state index in [-0.39, 0.29) is 12.5 Å². The van der Waals surface area contributed by atoms with Gasteiger partial charge in [-0.15, -0.1) is 0 Å². The van der Waals surface area contributed by atoms with Crippen molar-refractivity contribution in [1.82, 2.24) is 5.32 Å². The molecule has 2 aromatic rings. The van der Waals surface area contributed by atoms with E-state index in [9.17, 15) is 4.79 Å². The first-order valence-electron chi connectivity index (χ1n) is 8.71. The Morgan fingerprint density at radius 2 is 1.92 bits per heavy atom. The fraction of sp³-hybridized carbons (Fsp3) is 0.381. The fourth-order valence-electron chi connectivity index (χ4n) is 2.55. The molecule has 0 atom stereocenters. The first kappa shape index (κ1) is 18.8. The van der Waals surface area contributed by atoms with Crippen molar-refractivity contribution >= 4 is 5.91 Å². The summed E-state index contributed by atoms with van der Waals surface area (Å²) in [5.41, 5.74) is 3.23. The van der Waals surface area contributed by atoms with Gasteiger partial charge in [-0.3, -0.25) is 4.79 Å². The Kier molecular flexibility index (Phi) is 6.87. The van der Waals surface area contributed by atoms with Crippen molar-refractivity contribution in [2.75, 3.05) is 13.2 Å². The van der Waals surface area contributed by atoms with Crippen LogP contribution in [-0.2, 0) is 11.3 Å². The number of amides is 1. The zero-order valence-electron chi connectivity index (χ0n) is 15.5. The van der Waals surface area contributed by atoms with Crippen LogP contribution < -0.4 is 14.8 Å². The normalized spacial score (nSPS) is 10.6. The van der Waals surface area contributed by atoms with Gasteiger partial charge < -0.3 is 14.8 Å². The Morgan fingerprint density at radius 3 is 2.64 bits per heavy atom. The highest BCUT2D eigenvalue weighted by Gasteiger charge is 2.10. The Bertz CT molecular complexity index is 710. The molecule has 0 aliphatic carbocycles. The molecule has 0 aliphatic heterocycles. The maximum atomic E-state index is 12.1. The summed E-state index contributed by atoms with van der Waals surface area (Å²) >= 11 is 0. The monoisotopic (exact) mass is 341 g/mol. The minimum absolute atomic E-state index is 0.00826. The van der Waals surface area contributed by atoms with Crippen molar-refractivity contribution in [3.8, 4) is 11.5 Å². The first-order chi connectivity index (χ1) is 12.0. The third-order valence-electron chi connectivity index (χ3n) is 3.85. The molecule has 0 aromatic heterocycles. The number of hydrogen-bond acceptors (Lipinski definition) is 3. The zero-order chi connectivity index (χ0) is 18.2. The highest BCUT2D eigenvalue weighted by atomic mass is 16.5. The largest absolute Gasteiger partial charge is 0.494 e. The molecule has 0 unspecified atom stereocenters. The fourth-order valence-corrected chi connectivity index (χ4v) is 2.55. The van der Waals surface area contributed by atoms with E-state index in [1.165, 1.54) is 0 Å². The average molecular weight is 341 g/mol. The third kappa shape index (κ3) is 5.82. The van der Waals surface area contributed by atoms with Gasteiger partial charge in [0.05, 0.1) is 6.61 Å². The SMILES string of the molecule is CCOc1cccc(CNC(=O)COc2cc(C)ccc2C(C)C)c1. The number of ether oxygens (including phenoxy) is 2. The molecule has 134 valence electrons. The molecule has 4 nitrogen and oxygen atoms in total. The van der Waals surface area contributed by atoms with Crippen molar-refractivity contribution in [2.45, 2.75) is 40.2 Å². The van der Waals surface area contributed by atoms with Crippen molar-refractivity contribution in [2.24, 2.45) is 0 Å². The quantitative estimate of drug-likeness (QED) is 0.782. The lowest BCUT2D eigenvalue weighted by Gasteiger charge is -2.15. The maximum absolute atomic E-state index is 12.1. The van der Waals surface area contributed by atoms with Crippen LogP contribution in [0, 0.1) is 6.92 Å². The van der Waals surface area contributed by atoms with Gasteiger partial charge >= 0.3 is 0 Å². The van der Waals surface area contributed by atoms with E-state index in [0.717, 1.165) is 28.2 Å². The van der Waals surface area contributed by atoms with Crippen LogP contribution >= 0.6 is 0 Å². The molecule has 0 radical (unpaired) electrons. The summed E-state index contributed by atoms with van der Waals surface area (Å²) in [5.74, 6) is 1.80. The number of carbonyl (C=O) groups excluding carboxylic acids is 1. The standard InChI is InChI=1S/C21H27NO3/c1-5-24-18-8-6-7-17(12-18)13-22-21(23)14-25-20-11-16(4)9-10-19(20)15(2)3/h6-12,15H,5,13-14H2,1-4H3,(H,22,23). The number of rotatable bonds is 8. The second-order valence-corrected chi connectivity index (χ2v) is 6.34. The Labute approximate surface area is 150 Å². The summed E-state index contributed by atoms with van der Waals surface area (Å²) in [5, 5.41) is 2.88. The Morgan fingerprint density at radius 1 is 1.12 bits per heavy atom. The van der Waals surface area contributed by atoms with Gasteiger partial charge in [0.25, 0.3) is 5.91 Å². The average Bonchev–Trinajstić information content (AvgIpc) is 2.58. The lowest BCUT2D eigenvalue weighted by atomic mass is 10.0. The van der Waals surface area contributed by atoms with E-state index in [4.69, 9.17) is 9.47 Å². The van der Waals surface area contributed by atoms with E-state index in [1.807, 2.05) is 44.2 Å². The molecule has 0 spiro atoms. The molecule has 2 rings (SSSR count). The molecular formula is C21H27NO3. The van der Waals surface area contributed by atoms with Gasteiger partial charge in [-0.25, -0.2) is 0 Å². The summed E-state index contributed by atoms with van der Waals surface area (Å²) in [4.78, 5) is 12.1. The van der Waals surface area contributed by atoms with Crippen LogP contribution in [0.3, 0.4) is 0 Å². The summed E-state index contributed by atoms with van der Waals surface area (Å²) in [6.07, 6.45) is 0. The van der Waals surface area contributed by atoms with E-state index in [0.29, 0.717) is 19.1 Å². The van der Waals surface area contributed by atoms with E-state index < -0.39 is 0 Å². The number of aryl methyl sites for hydroxylation is 1. The molecule has 0 heterocycles. The van der Waals surface area contributed by atoms with Crippen molar-refractivity contribution < 1.29 is 14.3 Å². The van der Waals surface area contributed by atoms with Crippen LogP contribution in [0.1, 0.15) is 43.4 Å². The number of nitrogens with one attached hydrogen (secondary N) is 1. The minimum atomic E-state index is -0.141. The van der Waals surface area contributed by atoms with Gasteiger partial charge in [-0.2, -0.15) is 0 Å². The van der Waals surface area contributed by atoms with Crippen molar-refractivity contribution in [3.05, 3.63) is 59.2 Å². The van der Waals surface area contributed by atoms with Crippen molar-refractivity contribution in [1.29, 1.82) is 0 Å². The van der Waals surface area contributed by atoms with Gasteiger partial charge in [0.1, 0.15) is 11.5 Å². The predicted octanol–water partition coefficient (Wildman–Crippen LogP) is 4.21. The number of carbonyl (C=O) groups is 1. The molecule has 0 fully saturated rings. The van der Waals surface area contributed by atoms with Gasteiger partial charge in [-0.1, -0.05) is 38.1 Å². The molecular weight excluding hydrogens is 314 g/mol. The van der Waals surface area contributed by atoms with Gasteiger partial charge in [0.15, 0.2) is 6.61 Å². The zero-order valence-corrected chi connectivity index (χ0v) is 15.5. The van der Waals surface area contributed by atoms with Crippen LogP contribution in [0.25, 0.3) is 0 Å². The predicted molar refractivity (Wildman–Crippen MR) is 100 cm³/mol. The Balaban J connectivity index is 1.89. The molecule has 1 amide bonds. The van der Waals surface area contributed by atoms with Crippen LogP contribution in [0.15, 0.2) is 42.5 Å². The van der Waals surface area contributed by atoms with Gasteiger partial charge in [0.2, 0.25) is 0 Å². The van der Waals surface area contributed by atoms with Crippen LogP contribution in [0.4, 0.5) is 0 Å². The summed E-state index contributed by atoms with van der Waals surface area (Å²) in [7, 11) is 0. The van der Waals surface area contributed by atoms with Gasteiger partial charge in [-0.05, 0) is 54.7 Å². The molecule has 25 heavy (non-hydrogen) atoms. The molecule has 1 N–H and O–H groups in total. The van der Waals surface area contributed by atoms with Crippen molar-refractivity contribution in [3.63, 3.8) is 0 Å². The molecule has 4 heteroatoms. The lowest BCUT2D eigenvalue weighted by molar-refractivity contribution is -0.123. The van der Waals surface area contributed by atoms with Crippen LogP contribution in [-0.4, -0.2) is 19.1 Å². The highest BCUT2D eigenvalue weighted by molar-refractivity contribution is 5.77. The minimum Gasteiger partial charge on any atom is -0.494 e. The van der Waals surface area contributed by atoms with E-state index in [2.05, 4.69) is 31.3 Å². The first-order valence-corrected chi connectivity index (χ1v) is 8.71. The Hall–Kier alpha value is -2.49. The van der Waals surface area contributed by atoms with E-state index >= 15 is 0 Å². The number of hydrogen-bond donors (Lipinski definition) is 1.